The molecule has 0 spiro atoms. The normalized spacial score (nSPS) is 34.4. The predicted octanol–water partition coefficient (Wildman–Crippen LogP) is 1.09. The van der Waals surface area contributed by atoms with Crippen LogP contribution < -0.4 is 5.46 Å². The van der Waals surface area contributed by atoms with E-state index in [1.165, 1.54) is 0 Å². The lowest BCUT2D eigenvalue weighted by Gasteiger charge is -2.41. The van der Waals surface area contributed by atoms with E-state index in [1.54, 1.807) is 11.1 Å². The second-order valence-corrected chi connectivity index (χ2v) is 8.20. The van der Waals surface area contributed by atoms with E-state index in [-0.39, 0.29) is 0 Å². The van der Waals surface area contributed by atoms with Gasteiger partial charge in [-0.2, -0.15) is 5.10 Å². The molecule has 4 atom stereocenters. The molecule has 3 aliphatic rings. The molecule has 0 amide bonds. The van der Waals surface area contributed by atoms with Gasteiger partial charge in [-0.3, -0.25) is 0 Å². The molecule has 2 aromatic rings. The summed E-state index contributed by atoms with van der Waals surface area (Å²) in [5.41, 5.74) is 3.26. The fourth-order valence-electron chi connectivity index (χ4n) is 5.54. The summed E-state index contributed by atoms with van der Waals surface area (Å²) in [6, 6.07) is 2.02. The highest BCUT2D eigenvalue weighted by atomic mass is 16.3. The summed E-state index contributed by atoms with van der Waals surface area (Å²) in [4.78, 5) is 9.27. The van der Waals surface area contributed by atoms with E-state index in [0.29, 0.717) is 17.8 Å². The number of pyridine rings is 1. The standard InChI is InChI=1S/C18H23BN4O2/c1-10-7-18(24)5-3-11(8-18)14(10)16-15-12-4-6-20-17(12)21-9-13(15)19(25)23(2)22-16/h4,6,9-11,14,24-25H,3,5,7-8H2,1-2H3,(H,20,21)/t10-,11+,14?,18-/m1/s1. The number of nitrogens with zero attached hydrogens (tertiary/aromatic N) is 3. The molecule has 25 heavy (non-hydrogen) atoms. The summed E-state index contributed by atoms with van der Waals surface area (Å²) in [5.74, 6) is 1.12. The van der Waals surface area contributed by atoms with Crippen LogP contribution in [0.15, 0.2) is 23.6 Å². The van der Waals surface area contributed by atoms with Gasteiger partial charge in [-0.25, -0.2) is 4.98 Å². The van der Waals surface area contributed by atoms with Crippen LogP contribution >= 0.6 is 0 Å². The monoisotopic (exact) mass is 338 g/mol. The molecule has 3 heterocycles. The lowest BCUT2D eigenvalue weighted by Crippen LogP contribution is -2.53. The highest BCUT2D eigenvalue weighted by Gasteiger charge is 2.51. The van der Waals surface area contributed by atoms with Gasteiger partial charge in [0.25, 0.3) is 0 Å². The number of H-pyrrole nitrogens is 1. The van der Waals surface area contributed by atoms with Crippen LogP contribution in [0.3, 0.4) is 0 Å². The summed E-state index contributed by atoms with van der Waals surface area (Å²) >= 11 is 0. The van der Waals surface area contributed by atoms with Crippen molar-refractivity contribution < 1.29 is 10.1 Å². The molecule has 1 aliphatic heterocycles. The van der Waals surface area contributed by atoms with Gasteiger partial charge in [0, 0.05) is 41.8 Å². The summed E-state index contributed by atoms with van der Waals surface area (Å²) in [7, 11) is 1.04. The maximum Gasteiger partial charge on any atom is 0.468 e. The molecule has 3 N–H and O–H groups in total. The summed E-state index contributed by atoms with van der Waals surface area (Å²) in [6.07, 6.45) is 7.29. The quantitative estimate of drug-likeness (QED) is 0.680. The lowest BCUT2D eigenvalue weighted by atomic mass is 9.63. The van der Waals surface area contributed by atoms with Crippen molar-refractivity contribution >= 4 is 29.3 Å². The van der Waals surface area contributed by atoms with Crippen LogP contribution in [0.1, 0.15) is 38.2 Å². The number of nitrogens with one attached hydrogen (secondary N) is 1. The third kappa shape index (κ3) is 2.12. The van der Waals surface area contributed by atoms with E-state index < -0.39 is 12.7 Å². The van der Waals surface area contributed by atoms with Crippen molar-refractivity contribution in [2.24, 2.45) is 22.9 Å². The van der Waals surface area contributed by atoms with E-state index in [2.05, 4.69) is 16.9 Å². The molecule has 7 heteroatoms. The van der Waals surface area contributed by atoms with Crippen molar-refractivity contribution in [2.75, 3.05) is 7.05 Å². The number of hydrogen-bond acceptors (Lipinski definition) is 5. The smallest absolute Gasteiger partial charge is 0.428 e. The second kappa shape index (κ2) is 5.08. The minimum absolute atomic E-state index is 0.303. The first-order chi connectivity index (χ1) is 12.0. The molecule has 2 bridgehead atoms. The van der Waals surface area contributed by atoms with E-state index in [1.807, 2.05) is 19.3 Å². The number of aromatic nitrogens is 2. The fraction of sp³-hybridized carbons (Fsp3) is 0.556. The first kappa shape index (κ1) is 15.4. The highest BCUT2D eigenvalue weighted by Crippen LogP contribution is 2.52. The second-order valence-electron chi connectivity index (χ2n) is 8.20. The average molecular weight is 338 g/mol. The van der Waals surface area contributed by atoms with Gasteiger partial charge in [0.05, 0.1) is 11.3 Å². The Labute approximate surface area is 147 Å². The SMILES string of the molecule is C[C@@H]1C[C@]2(O)CC[C@@H](C2)C1C1=NN(C)B(O)c2cnc3[nH]ccc3c21. The zero-order valence-corrected chi connectivity index (χ0v) is 14.6. The van der Waals surface area contributed by atoms with Crippen molar-refractivity contribution in [3.8, 4) is 0 Å². The van der Waals surface area contributed by atoms with Crippen molar-refractivity contribution in [3.63, 3.8) is 0 Å². The zero-order valence-electron chi connectivity index (χ0n) is 14.6. The van der Waals surface area contributed by atoms with Crippen molar-refractivity contribution in [1.29, 1.82) is 0 Å². The first-order valence-corrected chi connectivity index (χ1v) is 9.15. The Hall–Kier alpha value is -1.86. The molecule has 0 aromatic carbocycles. The molecule has 2 aliphatic carbocycles. The Bertz CT molecular complexity index is 881. The number of aromatic amines is 1. The average Bonchev–Trinajstić information content (AvgIpc) is 3.16. The number of hydrazone groups is 1. The molecule has 2 aromatic heterocycles. The van der Waals surface area contributed by atoms with Gasteiger partial charge in [0.1, 0.15) is 5.65 Å². The van der Waals surface area contributed by atoms with Gasteiger partial charge in [0.15, 0.2) is 0 Å². The molecule has 1 unspecified atom stereocenters. The molecule has 2 fully saturated rings. The van der Waals surface area contributed by atoms with Gasteiger partial charge in [-0.15, -0.1) is 0 Å². The zero-order chi connectivity index (χ0) is 17.3. The molecule has 5 rings (SSSR count). The van der Waals surface area contributed by atoms with Crippen molar-refractivity contribution in [2.45, 2.75) is 38.2 Å². The maximum absolute atomic E-state index is 10.7. The van der Waals surface area contributed by atoms with E-state index >= 15 is 0 Å². The highest BCUT2D eigenvalue weighted by molar-refractivity contribution is 6.66. The Balaban J connectivity index is 1.69. The number of fused-ring (bicyclic) bond motifs is 5. The summed E-state index contributed by atoms with van der Waals surface area (Å²) in [5, 5.41) is 27.2. The minimum Gasteiger partial charge on any atom is -0.428 e. The third-order valence-electron chi connectivity index (χ3n) is 6.53. The maximum atomic E-state index is 10.7. The van der Waals surface area contributed by atoms with Gasteiger partial charge < -0.3 is 20.0 Å². The number of rotatable bonds is 1. The van der Waals surface area contributed by atoms with E-state index in [4.69, 9.17) is 5.10 Å². The van der Waals surface area contributed by atoms with Gasteiger partial charge in [-0.05, 0) is 43.6 Å². The molecular weight excluding hydrogens is 315 g/mol. The molecular formula is C18H23BN4O2. The number of aliphatic hydroxyl groups is 1. The van der Waals surface area contributed by atoms with Gasteiger partial charge >= 0.3 is 7.05 Å². The van der Waals surface area contributed by atoms with Crippen molar-refractivity contribution in [3.05, 3.63) is 24.0 Å². The predicted molar refractivity (Wildman–Crippen MR) is 97.6 cm³/mol. The molecule has 0 radical (unpaired) electrons. The minimum atomic E-state index is -0.773. The Morgan fingerprint density at radius 2 is 2.24 bits per heavy atom. The largest absolute Gasteiger partial charge is 0.468 e. The number of hydrogen-bond donors (Lipinski definition) is 3. The van der Waals surface area contributed by atoms with E-state index in [0.717, 1.165) is 53.5 Å². The first-order valence-electron chi connectivity index (χ1n) is 9.15. The Morgan fingerprint density at radius 3 is 3.08 bits per heavy atom. The van der Waals surface area contributed by atoms with Crippen LogP contribution in [0.2, 0.25) is 0 Å². The van der Waals surface area contributed by atoms with Crippen LogP contribution in [-0.4, -0.2) is 50.4 Å². The molecule has 130 valence electrons. The molecule has 6 nitrogen and oxygen atoms in total. The summed E-state index contributed by atoms with van der Waals surface area (Å²) in [6.45, 7) is 2.23. The summed E-state index contributed by atoms with van der Waals surface area (Å²) < 4.78 is 0. The van der Waals surface area contributed by atoms with Crippen LogP contribution in [0.4, 0.5) is 0 Å². The molecule has 0 saturated heterocycles. The molecule has 2 saturated carbocycles. The van der Waals surface area contributed by atoms with Crippen LogP contribution in [0.5, 0.6) is 0 Å². The topological polar surface area (TPSA) is 84.7 Å². The van der Waals surface area contributed by atoms with Crippen LogP contribution in [0.25, 0.3) is 11.0 Å². The fourth-order valence-corrected chi connectivity index (χ4v) is 5.54. The third-order valence-corrected chi connectivity index (χ3v) is 6.53. The van der Waals surface area contributed by atoms with Gasteiger partial charge in [0.2, 0.25) is 0 Å². The Kier molecular flexibility index (Phi) is 3.13. The van der Waals surface area contributed by atoms with E-state index in [9.17, 15) is 10.1 Å². The van der Waals surface area contributed by atoms with Crippen LogP contribution in [-0.2, 0) is 0 Å². The Morgan fingerprint density at radius 1 is 1.40 bits per heavy atom. The van der Waals surface area contributed by atoms with Crippen LogP contribution in [0, 0.1) is 17.8 Å². The lowest BCUT2D eigenvalue weighted by molar-refractivity contribution is -0.00747. The van der Waals surface area contributed by atoms with Crippen molar-refractivity contribution in [1.82, 2.24) is 14.9 Å². The van der Waals surface area contributed by atoms with Gasteiger partial charge in [-0.1, -0.05) is 6.92 Å².